The summed E-state index contributed by atoms with van der Waals surface area (Å²) in [6.07, 6.45) is 10.9. The van der Waals surface area contributed by atoms with Crippen molar-refractivity contribution in [2.45, 2.75) is 77.7 Å². The standard InChI is InChI=1S/C21H34N4O/c1-13(24-22)21(26)11-8-18-16-5-4-14-12-15(25-23)6-9-19(14,2)17(16)7-10-20(18,21)3/h12,16-18,26H,4-11,22-23H2,1-3H3/b24-13?,25-15-/t16-,17-,18-,19-,20-,21-/m0/s1. The third-order valence-corrected chi connectivity index (χ3v) is 9.09. The Morgan fingerprint density at radius 1 is 1.08 bits per heavy atom. The van der Waals surface area contributed by atoms with Gasteiger partial charge in [-0.05, 0) is 87.5 Å². The summed E-state index contributed by atoms with van der Waals surface area (Å²) < 4.78 is 0. The largest absolute Gasteiger partial charge is 0.383 e. The van der Waals surface area contributed by atoms with E-state index in [4.69, 9.17) is 11.7 Å². The number of fused-ring (bicyclic) bond motifs is 5. The van der Waals surface area contributed by atoms with Crippen LogP contribution in [0.4, 0.5) is 0 Å². The summed E-state index contributed by atoms with van der Waals surface area (Å²) in [5.74, 6) is 13.1. The van der Waals surface area contributed by atoms with E-state index in [1.807, 2.05) is 6.92 Å². The lowest BCUT2D eigenvalue weighted by molar-refractivity contribution is -0.0945. The Balaban J connectivity index is 1.68. The van der Waals surface area contributed by atoms with Crippen LogP contribution in [0, 0.1) is 28.6 Å². The SMILES string of the molecule is CC(=NN)[C@@]1(O)CC[C@H]2[C@H]3CCC4=C/C(=N\N)CC[C@]4(C)[C@H]3CC[C@@]21C. The molecule has 4 aliphatic rings. The molecule has 5 heteroatoms. The average Bonchev–Trinajstić information content (AvgIpc) is 2.92. The first kappa shape index (κ1) is 18.0. The number of nitrogens with two attached hydrogens (primary N) is 2. The lowest BCUT2D eigenvalue weighted by Gasteiger charge is -2.59. The number of hydrogen-bond acceptors (Lipinski definition) is 5. The lowest BCUT2D eigenvalue weighted by atomic mass is 9.46. The Bertz CT molecular complexity index is 698. The predicted octanol–water partition coefficient (Wildman–Crippen LogP) is 3.33. The van der Waals surface area contributed by atoms with Gasteiger partial charge in [0.05, 0.1) is 11.4 Å². The van der Waals surface area contributed by atoms with E-state index in [1.165, 1.54) is 12.8 Å². The molecule has 3 saturated carbocycles. The zero-order chi connectivity index (χ0) is 18.7. The summed E-state index contributed by atoms with van der Waals surface area (Å²) in [6.45, 7) is 6.67. The van der Waals surface area contributed by atoms with Crippen molar-refractivity contribution in [3.8, 4) is 0 Å². The van der Waals surface area contributed by atoms with Crippen LogP contribution in [0.3, 0.4) is 0 Å². The van der Waals surface area contributed by atoms with Crippen molar-refractivity contribution in [1.82, 2.24) is 0 Å². The van der Waals surface area contributed by atoms with Gasteiger partial charge < -0.3 is 16.8 Å². The van der Waals surface area contributed by atoms with Crippen LogP contribution in [0.2, 0.25) is 0 Å². The van der Waals surface area contributed by atoms with Crippen LogP contribution >= 0.6 is 0 Å². The summed E-state index contributed by atoms with van der Waals surface area (Å²) in [6, 6.07) is 0. The van der Waals surface area contributed by atoms with E-state index < -0.39 is 5.60 Å². The summed E-state index contributed by atoms with van der Waals surface area (Å²) in [5, 5.41) is 19.4. The minimum atomic E-state index is -0.833. The van der Waals surface area contributed by atoms with E-state index in [0.29, 0.717) is 23.5 Å². The molecule has 4 aliphatic carbocycles. The average molecular weight is 359 g/mol. The van der Waals surface area contributed by atoms with Crippen LogP contribution in [-0.4, -0.2) is 22.1 Å². The quantitative estimate of drug-likeness (QED) is 0.381. The number of hydrazone groups is 2. The van der Waals surface area contributed by atoms with E-state index in [9.17, 15) is 5.11 Å². The fraction of sp³-hybridized carbons (Fsp3) is 0.810. The summed E-state index contributed by atoms with van der Waals surface area (Å²) in [5.41, 5.74) is 2.67. The topological polar surface area (TPSA) is 97.0 Å². The molecule has 0 amide bonds. The Labute approximate surface area is 157 Å². The molecule has 0 aliphatic heterocycles. The van der Waals surface area contributed by atoms with Crippen LogP contribution < -0.4 is 11.7 Å². The molecule has 5 N–H and O–H groups in total. The molecule has 0 unspecified atom stereocenters. The minimum absolute atomic E-state index is 0.1000. The Kier molecular flexibility index (Phi) is 4.03. The molecule has 0 radical (unpaired) electrons. The van der Waals surface area contributed by atoms with E-state index in [1.54, 1.807) is 5.57 Å². The molecule has 0 bridgehead atoms. The molecule has 4 rings (SSSR count). The van der Waals surface area contributed by atoms with Gasteiger partial charge in [-0.25, -0.2) is 0 Å². The lowest BCUT2D eigenvalue weighted by Crippen LogP contribution is -2.57. The monoisotopic (exact) mass is 358 g/mol. The summed E-state index contributed by atoms with van der Waals surface area (Å²) in [4.78, 5) is 0. The third kappa shape index (κ3) is 2.12. The van der Waals surface area contributed by atoms with Crippen LogP contribution in [0.15, 0.2) is 21.9 Å². The van der Waals surface area contributed by atoms with Gasteiger partial charge in [-0.2, -0.15) is 10.2 Å². The third-order valence-electron chi connectivity index (χ3n) is 9.09. The van der Waals surface area contributed by atoms with Crippen molar-refractivity contribution in [2.24, 2.45) is 50.5 Å². The maximum Gasteiger partial charge on any atom is 0.110 e. The van der Waals surface area contributed by atoms with Crippen molar-refractivity contribution in [2.75, 3.05) is 0 Å². The maximum absolute atomic E-state index is 11.5. The fourth-order valence-electron chi connectivity index (χ4n) is 7.39. The van der Waals surface area contributed by atoms with Gasteiger partial charge in [-0.15, -0.1) is 0 Å². The number of aliphatic hydroxyl groups is 1. The molecule has 6 atom stereocenters. The highest BCUT2D eigenvalue weighted by atomic mass is 16.3. The first-order chi connectivity index (χ1) is 12.3. The molecule has 0 aromatic heterocycles. The smallest absolute Gasteiger partial charge is 0.110 e. The van der Waals surface area contributed by atoms with Crippen LogP contribution in [-0.2, 0) is 0 Å². The molecular formula is C21H34N4O. The summed E-state index contributed by atoms with van der Waals surface area (Å²) in [7, 11) is 0. The molecule has 0 aromatic carbocycles. The van der Waals surface area contributed by atoms with Crippen LogP contribution in [0.5, 0.6) is 0 Å². The minimum Gasteiger partial charge on any atom is -0.383 e. The summed E-state index contributed by atoms with van der Waals surface area (Å²) >= 11 is 0. The van der Waals surface area contributed by atoms with Crippen LogP contribution in [0.25, 0.3) is 0 Å². The second-order valence-electron chi connectivity index (χ2n) is 9.69. The highest BCUT2D eigenvalue weighted by Crippen LogP contribution is 2.67. The Hall–Kier alpha value is -1.36. The highest BCUT2D eigenvalue weighted by molar-refractivity contribution is 5.96. The number of hydrogen-bond donors (Lipinski definition) is 3. The van der Waals surface area contributed by atoms with Crippen molar-refractivity contribution >= 4 is 11.4 Å². The number of rotatable bonds is 1. The molecule has 3 fully saturated rings. The van der Waals surface area contributed by atoms with Gasteiger partial charge in [-0.1, -0.05) is 19.4 Å². The molecule has 0 aromatic rings. The first-order valence-corrected chi connectivity index (χ1v) is 10.3. The van der Waals surface area contributed by atoms with Gasteiger partial charge in [0.15, 0.2) is 0 Å². The van der Waals surface area contributed by atoms with Gasteiger partial charge in [0.1, 0.15) is 5.60 Å². The molecule has 0 saturated heterocycles. The normalized spacial score (nSPS) is 50.0. The first-order valence-electron chi connectivity index (χ1n) is 10.3. The maximum atomic E-state index is 11.5. The molecule has 144 valence electrons. The fourth-order valence-corrected chi connectivity index (χ4v) is 7.39. The Morgan fingerprint density at radius 3 is 2.50 bits per heavy atom. The zero-order valence-electron chi connectivity index (χ0n) is 16.5. The van der Waals surface area contributed by atoms with Gasteiger partial charge in [0, 0.05) is 5.41 Å². The molecule has 0 heterocycles. The van der Waals surface area contributed by atoms with E-state index in [-0.39, 0.29) is 10.8 Å². The van der Waals surface area contributed by atoms with E-state index in [0.717, 1.165) is 44.2 Å². The van der Waals surface area contributed by atoms with E-state index in [2.05, 4.69) is 30.1 Å². The molecular weight excluding hydrogens is 324 g/mol. The van der Waals surface area contributed by atoms with Gasteiger partial charge >= 0.3 is 0 Å². The van der Waals surface area contributed by atoms with Crippen LogP contribution in [0.1, 0.15) is 72.1 Å². The second-order valence-corrected chi connectivity index (χ2v) is 9.69. The molecule has 0 spiro atoms. The van der Waals surface area contributed by atoms with Crippen molar-refractivity contribution in [3.05, 3.63) is 11.6 Å². The van der Waals surface area contributed by atoms with Crippen molar-refractivity contribution in [3.63, 3.8) is 0 Å². The van der Waals surface area contributed by atoms with Crippen molar-refractivity contribution < 1.29 is 5.11 Å². The van der Waals surface area contributed by atoms with Gasteiger partial charge in [0.2, 0.25) is 0 Å². The van der Waals surface area contributed by atoms with E-state index >= 15 is 0 Å². The number of nitrogens with zero attached hydrogens (tertiary/aromatic N) is 2. The highest BCUT2D eigenvalue weighted by Gasteiger charge is 2.64. The Morgan fingerprint density at radius 2 is 1.81 bits per heavy atom. The predicted molar refractivity (Wildman–Crippen MR) is 106 cm³/mol. The molecule has 26 heavy (non-hydrogen) atoms. The van der Waals surface area contributed by atoms with Gasteiger partial charge in [-0.3, -0.25) is 0 Å². The number of allylic oxidation sites excluding steroid dienone is 2. The zero-order valence-corrected chi connectivity index (χ0v) is 16.5. The second kappa shape index (κ2) is 5.82. The van der Waals surface area contributed by atoms with Gasteiger partial charge in [0.25, 0.3) is 0 Å². The van der Waals surface area contributed by atoms with Crippen molar-refractivity contribution in [1.29, 1.82) is 0 Å². The molecule has 5 nitrogen and oxygen atoms in total.